The summed E-state index contributed by atoms with van der Waals surface area (Å²) in [5.74, 6) is -0.431. The molecule has 5 heteroatoms. The molecule has 18 heavy (non-hydrogen) atoms. The van der Waals surface area contributed by atoms with Crippen LogP contribution in [0.1, 0.15) is 18.9 Å². The van der Waals surface area contributed by atoms with Gasteiger partial charge in [0.2, 0.25) is 5.91 Å². The molecule has 0 aliphatic rings. The molecule has 1 aromatic carbocycles. The fourth-order valence-corrected chi connectivity index (χ4v) is 1.59. The summed E-state index contributed by atoms with van der Waals surface area (Å²) in [6.45, 7) is 3.17. The molecular formula is C13H19FN2O2. The van der Waals surface area contributed by atoms with Gasteiger partial charge < -0.3 is 10.4 Å². The van der Waals surface area contributed by atoms with Gasteiger partial charge in [0.15, 0.2) is 0 Å². The van der Waals surface area contributed by atoms with Gasteiger partial charge in [-0.05, 0) is 31.7 Å². The Bertz CT molecular complexity index is 410. The summed E-state index contributed by atoms with van der Waals surface area (Å²) in [7, 11) is 1.75. The molecule has 0 bridgehead atoms. The van der Waals surface area contributed by atoms with Gasteiger partial charge >= 0.3 is 0 Å². The van der Waals surface area contributed by atoms with Crippen molar-refractivity contribution < 1.29 is 14.3 Å². The number of phenolic OH excluding ortho intramolecular Hbond substituents is 1. The molecule has 0 atom stereocenters. The minimum absolute atomic E-state index is 0.0391. The first kappa shape index (κ1) is 14.4. The summed E-state index contributed by atoms with van der Waals surface area (Å²) >= 11 is 0. The van der Waals surface area contributed by atoms with Crippen LogP contribution in [0, 0.1) is 5.82 Å². The lowest BCUT2D eigenvalue weighted by Gasteiger charge is -2.17. The van der Waals surface area contributed by atoms with Crippen LogP contribution < -0.4 is 5.32 Å². The Morgan fingerprint density at radius 1 is 1.50 bits per heavy atom. The third kappa shape index (κ3) is 4.71. The summed E-state index contributed by atoms with van der Waals surface area (Å²) in [4.78, 5) is 13.2. The van der Waals surface area contributed by atoms with E-state index in [1.54, 1.807) is 11.9 Å². The van der Waals surface area contributed by atoms with Gasteiger partial charge in [0.1, 0.15) is 11.6 Å². The molecule has 0 spiro atoms. The summed E-state index contributed by atoms with van der Waals surface area (Å²) in [5.41, 5.74) is 0.473. The zero-order chi connectivity index (χ0) is 13.5. The van der Waals surface area contributed by atoms with Crippen LogP contribution in [0.4, 0.5) is 4.39 Å². The van der Waals surface area contributed by atoms with Gasteiger partial charge in [0.25, 0.3) is 0 Å². The maximum atomic E-state index is 13.0. The highest BCUT2D eigenvalue weighted by molar-refractivity contribution is 5.77. The molecule has 1 rings (SSSR count). The van der Waals surface area contributed by atoms with E-state index in [0.29, 0.717) is 18.7 Å². The van der Waals surface area contributed by atoms with E-state index in [1.807, 2.05) is 6.92 Å². The van der Waals surface area contributed by atoms with Gasteiger partial charge in [-0.1, -0.05) is 6.92 Å². The summed E-state index contributed by atoms with van der Waals surface area (Å²) in [6, 6.07) is 3.79. The van der Waals surface area contributed by atoms with E-state index in [0.717, 1.165) is 6.42 Å². The zero-order valence-corrected chi connectivity index (χ0v) is 10.7. The summed E-state index contributed by atoms with van der Waals surface area (Å²) in [5, 5.41) is 12.3. The predicted molar refractivity (Wildman–Crippen MR) is 67.7 cm³/mol. The van der Waals surface area contributed by atoms with Crippen molar-refractivity contribution >= 4 is 5.91 Å². The van der Waals surface area contributed by atoms with Crippen LogP contribution in [-0.4, -0.2) is 36.1 Å². The van der Waals surface area contributed by atoms with E-state index < -0.39 is 5.82 Å². The van der Waals surface area contributed by atoms with Crippen LogP contribution in [0.5, 0.6) is 5.75 Å². The van der Waals surface area contributed by atoms with Crippen molar-refractivity contribution in [2.75, 3.05) is 20.1 Å². The first-order chi connectivity index (χ1) is 8.52. The number of carbonyl (C=O) groups is 1. The lowest BCUT2D eigenvalue weighted by Crippen LogP contribution is -2.35. The molecule has 0 unspecified atom stereocenters. The molecule has 0 saturated carbocycles. The van der Waals surface area contributed by atoms with E-state index in [9.17, 15) is 14.3 Å². The Hall–Kier alpha value is -1.62. The van der Waals surface area contributed by atoms with E-state index >= 15 is 0 Å². The van der Waals surface area contributed by atoms with Crippen LogP contribution >= 0.6 is 0 Å². The normalized spacial score (nSPS) is 10.7. The molecule has 0 aliphatic carbocycles. The average Bonchev–Trinajstić information content (AvgIpc) is 2.31. The van der Waals surface area contributed by atoms with Gasteiger partial charge in [-0.3, -0.25) is 9.69 Å². The molecule has 2 N–H and O–H groups in total. The molecule has 1 aromatic rings. The molecule has 100 valence electrons. The Balaban J connectivity index is 2.51. The standard InChI is InChI=1S/C13H19FN2O2/c1-3-6-15-13(18)9-16(2)8-10-7-11(14)4-5-12(10)17/h4-5,7,17H,3,6,8-9H2,1-2H3,(H,15,18). The number of carbonyl (C=O) groups excluding carboxylic acids is 1. The number of hydrogen-bond acceptors (Lipinski definition) is 3. The highest BCUT2D eigenvalue weighted by Gasteiger charge is 2.09. The van der Waals surface area contributed by atoms with E-state index in [-0.39, 0.29) is 18.2 Å². The third-order valence-electron chi connectivity index (χ3n) is 2.47. The number of amides is 1. The van der Waals surface area contributed by atoms with Crippen LogP contribution in [0.15, 0.2) is 18.2 Å². The van der Waals surface area contributed by atoms with Crippen molar-refractivity contribution in [2.24, 2.45) is 0 Å². The van der Waals surface area contributed by atoms with Gasteiger partial charge in [0, 0.05) is 18.7 Å². The molecule has 0 aromatic heterocycles. The Kier molecular flexibility index (Phi) is 5.58. The number of nitrogens with one attached hydrogen (secondary N) is 1. The minimum atomic E-state index is -0.397. The van der Waals surface area contributed by atoms with Crippen LogP contribution in [0.3, 0.4) is 0 Å². The Morgan fingerprint density at radius 2 is 2.22 bits per heavy atom. The number of benzene rings is 1. The average molecular weight is 254 g/mol. The van der Waals surface area contributed by atoms with Crippen molar-refractivity contribution in [3.8, 4) is 5.75 Å². The second kappa shape index (κ2) is 6.96. The Labute approximate surface area is 106 Å². The second-order valence-corrected chi connectivity index (χ2v) is 4.30. The fraction of sp³-hybridized carbons (Fsp3) is 0.462. The molecule has 4 nitrogen and oxygen atoms in total. The SMILES string of the molecule is CCCNC(=O)CN(C)Cc1cc(F)ccc1O. The number of aromatic hydroxyl groups is 1. The number of halogens is 1. The Morgan fingerprint density at radius 3 is 2.89 bits per heavy atom. The van der Waals surface area contributed by atoms with E-state index in [1.165, 1.54) is 18.2 Å². The van der Waals surface area contributed by atoms with Crippen molar-refractivity contribution in [3.05, 3.63) is 29.6 Å². The number of nitrogens with zero attached hydrogens (tertiary/aromatic N) is 1. The number of hydrogen-bond donors (Lipinski definition) is 2. The summed E-state index contributed by atoms with van der Waals surface area (Å²) < 4.78 is 13.0. The molecule has 1 amide bonds. The highest BCUT2D eigenvalue weighted by atomic mass is 19.1. The second-order valence-electron chi connectivity index (χ2n) is 4.30. The number of phenols is 1. The van der Waals surface area contributed by atoms with Crippen LogP contribution in [-0.2, 0) is 11.3 Å². The lowest BCUT2D eigenvalue weighted by atomic mass is 10.2. The number of rotatable bonds is 6. The first-order valence-corrected chi connectivity index (χ1v) is 5.95. The third-order valence-corrected chi connectivity index (χ3v) is 2.47. The van der Waals surface area contributed by atoms with Crippen molar-refractivity contribution in [2.45, 2.75) is 19.9 Å². The minimum Gasteiger partial charge on any atom is -0.508 e. The molecule has 0 fully saturated rings. The van der Waals surface area contributed by atoms with Crippen molar-refractivity contribution in [1.29, 1.82) is 0 Å². The molecular weight excluding hydrogens is 235 g/mol. The maximum Gasteiger partial charge on any atom is 0.234 e. The van der Waals surface area contributed by atoms with E-state index in [2.05, 4.69) is 5.32 Å². The summed E-state index contributed by atoms with van der Waals surface area (Å²) in [6.07, 6.45) is 0.889. The first-order valence-electron chi connectivity index (χ1n) is 5.95. The van der Waals surface area contributed by atoms with E-state index in [4.69, 9.17) is 0 Å². The fourth-order valence-electron chi connectivity index (χ4n) is 1.59. The monoisotopic (exact) mass is 254 g/mol. The smallest absolute Gasteiger partial charge is 0.234 e. The van der Waals surface area contributed by atoms with Crippen molar-refractivity contribution in [3.63, 3.8) is 0 Å². The van der Waals surface area contributed by atoms with Crippen LogP contribution in [0.25, 0.3) is 0 Å². The van der Waals surface area contributed by atoms with Gasteiger partial charge in [-0.25, -0.2) is 4.39 Å². The molecule has 0 saturated heterocycles. The van der Waals surface area contributed by atoms with Crippen molar-refractivity contribution in [1.82, 2.24) is 10.2 Å². The van der Waals surface area contributed by atoms with Gasteiger partial charge in [0.05, 0.1) is 6.54 Å². The molecule has 0 radical (unpaired) electrons. The predicted octanol–water partition coefficient (Wildman–Crippen LogP) is 1.49. The topological polar surface area (TPSA) is 52.6 Å². The van der Waals surface area contributed by atoms with Crippen LogP contribution in [0.2, 0.25) is 0 Å². The quantitative estimate of drug-likeness (QED) is 0.808. The zero-order valence-electron chi connectivity index (χ0n) is 10.7. The lowest BCUT2D eigenvalue weighted by molar-refractivity contribution is -0.122. The number of likely N-dealkylation sites (N-methyl/N-ethyl adjacent to an activating group) is 1. The van der Waals surface area contributed by atoms with Gasteiger partial charge in [-0.15, -0.1) is 0 Å². The van der Waals surface area contributed by atoms with Gasteiger partial charge in [-0.2, -0.15) is 0 Å². The molecule has 0 aliphatic heterocycles. The maximum absolute atomic E-state index is 13.0. The highest BCUT2D eigenvalue weighted by Crippen LogP contribution is 2.18. The largest absolute Gasteiger partial charge is 0.508 e. The molecule has 0 heterocycles.